The van der Waals surface area contributed by atoms with Gasteiger partial charge in [-0.15, -0.1) is 0 Å². The van der Waals surface area contributed by atoms with Crippen molar-refractivity contribution < 1.29 is 9.59 Å². The first-order chi connectivity index (χ1) is 12.7. The predicted octanol–water partition coefficient (Wildman–Crippen LogP) is 4.35. The van der Waals surface area contributed by atoms with Crippen LogP contribution in [0.25, 0.3) is 21.0 Å². The average molecular weight is 356 g/mol. The lowest BCUT2D eigenvalue weighted by Crippen LogP contribution is -2.40. The molecule has 0 bridgehead atoms. The molecule has 4 nitrogen and oxygen atoms in total. The standard InChI is InChI=1S/C21H12N2O2S/c24-19-13-9-7-11-5-6-12-8-10-14(18(13)17(11)12)20(25)23(19)21-22-15-3-1-2-4-16(15)26-21/h1-4,7-10H,5-6H2. The summed E-state index contributed by atoms with van der Waals surface area (Å²) in [5.74, 6) is -0.561. The molecule has 1 aromatic heterocycles. The number of hydrogen-bond acceptors (Lipinski definition) is 4. The molecule has 6 rings (SSSR count). The number of rotatable bonds is 1. The van der Waals surface area contributed by atoms with E-state index < -0.39 is 0 Å². The molecule has 2 amide bonds. The molecule has 0 saturated heterocycles. The van der Waals surface area contributed by atoms with Crippen LogP contribution in [0.15, 0.2) is 48.5 Å². The Kier molecular flexibility index (Phi) is 2.60. The van der Waals surface area contributed by atoms with Crippen molar-refractivity contribution in [2.45, 2.75) is 12.8 Å². The molecule has 2 aliphatic rings. The van der Waals surface area contributed by atoms with Gasteiger partial charge in [-0.1, -0.05) is 35.6 Å². The molecule has 4 aromatic rings. The number of aromatic nitrogens is 1. The highest BCUT2D eigenvalue weighted by atomic mass is 32.1. The zero-order valence-corrected chi connectivity index (χ0v) is 14.5. The van der Waals surface area contributed by atoms with Gasteiger partial charge in [-0.25, -0.2) is 9.88 Å². The number of carbonyl (C=O) groups is 2. The van der Waals surface area contributed by atoms with Crippen LogP contribution in [0.1, 0.15) is 31.8 Å². The van der Waals surface area contributed by atoms with E-state index in [0.29, 0.717) is 16.3 Å². The summed E-state index contributed by atoms with van der Waals surface area (Å²) in [6.07, 6.45) is 1.94. The van der Waals surface area contributed by atoms with E-state index in [0.717, 1.165) is 33.8 Å². The van der Waals surface area contributed by atoms with E-state index in [1.54, 1.807) is 0 Å². The van der Waals surface area contributed by atoms with Crippen molar-refractivity contribution in [2.75, 3.05) is 4.90 Å². The van der Waals surface area contributed by atoms with Crippen molar-refractivity contribution in [1.29, 1.82) is 0 Å². The van der Waals surface area contributed by atoms with Gasteiger partial charge in [0.25, 0.3) is 11.8 Å². The van der Waals surface area contributed by atoms with Crippen LogP contribution >= 0.6 is 11.3 Å². The number of fused-ring (bicyclic) bond motifs is 1. The lowest BCUT2D eigenvalue weighted by atomic mass is 9.91. The first-order valence-electron chi connectivity index (χ1n) is 8.54. The van der Waals surface area contributed by atoms with Crippen LogP contribution in [0.2, 0.25) is 0 Å². The minimum Gasteiger partial charge on any atom is -0.268 e. The van der Waals surface area contributed by atoms with E-state index in [2.05, 4.69) is 4.98 Å². The lowest BCUT2D eigenvalue weighted by Gasteiger charge is -2.25. The van der Waals surface area contributed by atoms with Crippen LogP contribution < -0.4 is 4.90 Å². The maximum absolute atomic E-state index is 13.2. The second-order valence-corrected chi connectivity index (χ2v) is 7.71. The molecule has 0 radical (unpaired) electrons. The topological polar surface area (TPSA) is 50.3 Å². The fourth-order valence-electron chi connectivity index (χ4n) is 4.15. The second kappa shape index (κ2) is 4.77. The molecule has 2 heterocycles. The van der Waals surface area contributed by atoms with Gasteiger partial charge in [0.15, 0.2) is 0 Å². The maximum atomic E-state index is 13.2. The molecule has 0 spiro atoms. The molecular weight excluding hydrogens is 344 g/mol. The molecule has 26 heavy (non-hydrogen) atoms. The Morgan fingerprint density at radius 1 is 0.808 bits per heavy atom. The normalized spacial score (nSPS) is 15.5. The van der Waals surface area contributed by atoms with Crippen molar-refractivity contribution >= 4 is 49.3 Å². The number of nitrogens with zero attached hydrogens (tertiary/aromatic N) is 2. The third-order valence-electron chi connectivity index (χ3n) is 5.34. The first-order valence-corrected chi connectivity index (χ1v) is 9.36. The molecule has 124 valence electrons. The smallest absolute Gasteiger partial charge is 0.267 e. The molecule has 0 unspecified atom stereocenters. The van der Waals surface area contributed by atoms with Crippen molar-refractivity contribution in [3.8, 4) is 0 Å². The van der Waals surface area contributed by atoms with E-state index in [1.165, 1.54) is 27.4 Å². The van der Waals surface area contributed by atoms with Gasteiger partial charge in [0.05, 0.1) is 10.2 Å². The highest BCUT2D eigenvalue weighted by Gasteiger charge is 2.37. The predicted molar refractivity (Wildman–Crippen MR) is 102 cm³/mol. The van der Waals surface area contributed by atoms with E-state index in [1.807, 2.05) is 48.5 Å². The van der Waals surface area contributed by atoms with Gasteiger partial charge in [-0.3, -0.25) is 9.59 Å². The number of para-hydroxylation sites is 1. The number of carbonyl (C=O) groups excluding carboxylic acids is 2. The van der Waals surface area contributed by atoms with Crippen LogP contribution in [-0.4, -0.2) is 16.8 Å². The maximum Gasteiger partial charge on any atom is 0.267 e. The average Bonchev–Trinajstić information content (AvgIpc) is 3.26. The van der Waals surface area contributed by atoms with Gasteiger partial charge in [0.1, 0.15) is 0 Å². The quantitative estimate of drug-likeness (QED) is 0.477. The molecule has 0 saturated carbocycles. The van der Waals surface area contributed by atoms with Crippen molar-refractivity contribution in [3.05, 3.63) is 70.8 Å². The van der Waals surface area contributed by atoms with Gasteiger partial charge in [0, 0.05) is 16.5 Å². The van der Waals surface area contributed by atoms with E-state index in [9.17, 15) is 9.59 Å². The summed E-state index contributed by atoms with van der Waals surface area (Å²) < 4.78 is 0.961. The van der Waals surface area contributed by atoms with Gasteiger partial charge >= 0.3 is 0 Å². The zero-order valence-electron chi connectivity index (χ0n) is 13.7. The largest absolute Gasteiger partial charge is 0.268 e. The Morgan fingerprint density at radius 3 is 2.12 bits per heavy atom. The third kappa shape index (κ3) is 1.66. The summed E-state index contributed by atoms with van der Waals surface area (Å²) in [5, 5.41) is 2.36. The summed E-state index contributed by atoms with van der Waals surface area (Å²) in [5.41, 5.74) is 4.46. The van der Waals surface area contributed by atoms with Gasteiger partial charge < -0.3 is 0 Å². The van der Waals surface area contributed by atoms with Gasteiger partial charge in [-0.05, 0) is 53.6 Å². The number of anilines is 1. The Hall–Kier alpha value is -3.05. The van der Waals surface area contributed by atoms with Gasteiger partial charge in [-0.2, -0.15) is 0 Å². The summed E-state index contributed by atoms with van der Waals surface area (Å²) in [7, 11) is 0. The SMILES string of the molecule is O=C1c2ccc3c4c(ccc(c24)C(=O)N1c1nc2ccccc2s1)CC3. The van der Waals surface area contributed by atoms with Crippen LogP contribution in [0, 0.1) is 0 Å². The zero-order chi connectivity index (χ0) is 17.4. The summed E-state index contributed by atoms with van der Waals surface area (Å²) in [4.78, 5) is 32.2. The Balaban J connectivity index is 1.62. The molecule has 3 aromatic carbocycles. The number of aryl methyl sites for hydroxylation is 2. The molecule has 5 heteroatoms. The summed E-state index contributed by atoms with van der Waals surface area (Å²) >= 11 is 1.37. The molecular formula is C21H12N2O2S. The van der Waals surface area contributed by atoms with Crippen molar-refractivity contribution in [2.24, 2.45) is 0 Å². The van der Waals surface area contributed by atoms with Crippen LogP contribution in [-0.2, 0) is 12.8 Å². The van der Waals surface area contributed by atoms with E-state index >= 15 is 0 Å². The van der Waals surface area contributed by atoms with E-state index in [-0.39, 0.29) is 11.8 Å². The number of imide groups is 1. The highest BCUT2D eigenvalue weighted by Crippen LogP contribution is 2.40. The monoisotopic (exact) mass is 356 g/mol. The summed E-state index contributed by atoms with van der Waals surface area (Å²) in [6, 6.07) is 15.5. The second-order valence-electron chi connectivity index (χ2n) is 6.70. The van der Waals surface area contributed by atoms with Crippen LogP contribution in [0.5, 0.6) is 0 Å². The number of amides is 2. The Morgan fingerprint density at radius 2 is 1.46 bits per heavy atom. The Labute approximate surface area is 152 Å². The van der Waals surface area contributed by atoms with Crippen LogP contribution in [0.4, 0.5) is 5.13 Å². The molecule has 0 fully saturated rings. The fraction of sp³-hybridized carbons (Fsp3) is 0.0952. The highest BCUT2D eigenvalue weighted by molar-refractivity contribution is 7.22. The molecule has 0 N–H and O–H groups in total. The number of thiazole rings is 1. The Bertz CT molecular complexity index is 1200. The number of benzene rings is 3. The molecule has 1 aliphatic heterocycles. The summed E-state index contributed by atoms with van der Waals surface area (Å²) in [6.45, 7) is 0. The van der Waals surface area contributed by atoms with Crippen molar-refractivity contribution in [1.82, 2.24) is 4.98 Å². The lowest BCUT2D eigenvalue weighted by molar-refractivity contribution is 0.0893. The number of hydrogen-bond donors (Lipinski definition) is 0. The third-order valence-corrected chi connectivity index (χ3v) is 6.36. The fourth-order valence-corrected chi connectivity index (χ4v) is 5.11. The molecule has 0 atom stereocenters. The van der Waals surface area contributed by atoms with Crippen molar-refractivity contribution in [3.63, 3.8) is 0 Å². The minimum absolute atomic E-state index is 0.280. The minimum atomic E-state index is -0.280. The first kappa shape index (κ1) is 14.2. The van der Waals surface area contributed by atoms with Gasteiger partial charge in [0.2, 0.25) is 5.13 Å². The molecule has 1 aliphatic carbocycles. The van der Waals surface area contributed by atoms with Crippen LogP contribution in [0.3, 0.4) is 0 Å². The van der Waals surface area contributed by atoms with E-state index in [4.69, 9.17) is 0 Å².